The molecule has 1 amide bonds. The van der Waals surface area contributed by atoms with Crippen molar-refractivity contribution in [1.82, 2.24) is 9.88 Å². The number of nitrogens with zero attached hydrogens (tertiary/aromatic N) is 4. The summed E-state index contributed by atoms with van der Waals surface area (Å²) in [5, 5.41) is 1.06. The van der Waals surface area contributed by atoms with E-state index in [9.17, 15) is 4.79 Å². The molecular weight excluding hydrogens is 368 g/mol. The molecule has 4 rings (SSSR count). The summed E-state index contributed by atoms with van der Waals surface area (Å²) in [7, 11) is 4.00. The van der Waals surface area contributed by atoms with Crippen LogP contribution in [-0.4, -0.2) is 56.1 Å². The SMILES string of the molecule is Cc1cc(C)c2nc(N3CCN(C(=O)c4ccc(N(C)C)cc4)CC3)sc2c1. The third-order valence-corrected chi connectivity index (χ3v) is 6.35. The topological polar surface area (TPSA) is 39.7 Å². The Hall–Kier alpha value is -2.60. The number of aromatic nitrogens is 1. The van der Waals surface area contributed by atoms with E-state index in [1.54, 1.807) is 11.3 Å². The number of piperazine rings is 1. The minimum Gasteiger partial charge on any atom is -0.378 e. The molecule has 2 aromatic carbocycles. The molecule has 0 aliphatic carbocycles. The molecule has 0 bridgehead atoms. The van der Waals surface area contributed by atoms with Crippen molar-refractivity contribution in [2.75, 3.05) is 50.1 Å². The zero-order valence-electron chi connectivity index (χ0n) is 16.9. The fourth-order valence-corrected chi connectivity index (χ4v) is 4.87. The van der Waals surface area contributed by atoms with Crippen LogP contribution in [0.25, 0.3) is 10.2 Å². The van der Waals surface area contributed by atoms with Crippen molar-refractivity contribution in [3.05, 3.63) is 53.1 Å². The van der Waals surface area contributed by atoms with Gasteiger partial charge in [0.2, 0.25) is 0 Å². The van der Waals surface area contributed by atoms with Gasteiger partial charge in [-0.15, -0.1) is 0 Å². The van der Waals surface area contributed by atoms with E-state index < -0.39 is 0 Å². The summed E-state index contributed by atoms with van der Waals surface area (Å²) < 4.78 is 1.24. The van der Waals surface area contributed by atoms with Gasteiger partial charge in [-0.05, 0) is 55.3 Å². The van der Waals surface area contributed by atoms with E-state index in [4.69, 9.17) is 4.98 Å². The molecule has 1 aliphatic heterocycles. The second kappa shape index (κ2) is 7.43. The van der Waals surface area contributed by atoms with Gasteiger partial charge in [-0.1, -0.05) is 17.4 Å². The van der Waals surface area contributed by atoms with Crippen LogP contribution in [0.2, 0.25) is 0 Å². The summed E-state index contributed by atoms with van der Waals surface area (Å²) in [5.74, 6) is 0.112. The Bertz CT molecular complexity index is 1000. The number of carbonyl (C=O) groups excluding carboxylic acids is 1. The maximum Gasteiger partial charge on any atom is 0.253 e. The quantitative estimate of drug-likeness (QED) is 0.675. The van der Waals surface area contributed by atoms with Gasteiger partial charge in [0.25, 0.3) is 5.91 Å². The maximum atomic E-state index is 12.8. The molecule has 0 unspecified atom stereocenters. The highest BCUT2D eigenvalue weighted by molar-refractivity contribution is 7.22. The van der Waals surface area contributed by atoms with Crippen LogP contribution >= 0.6 is 11.3 Å². The number of hydrogen-bond acceptors (Lipinski definition) is 5. The number of thiazole rings is 1. The molecule has 0 saturated carbocycles. The van der Waals surface area contributed by atoms with Gasteiger partial charge < -0.3 is 14.7 Å². The number of benzene rings is 2. The summed E-state index contributed by atoms with van der Waals surface area (Å²) in [5.41, 5.74) is 5.46. The predicted molar refractivity (Wildman–Crippen MR) is 118 cm³/mol. The van der Waals surface area contributed by atoms with Gasteiger partial charge in [-0.25, -0.2) is 4.98 Å². The number of fused-ring (bicyclic) bond motifs is 1. The van der Waals surface area contributed by atoms with Crippen LogP contribution in [0.3, 0.4) is 0 Å². The molecule has 0 spiro atoms. The van der Waals surface area contributed by atoms with E-state index >= 15 is 0 Å². The standard InChI is InChI=1S/C22H26N4OS/c1-15-13-16(2)20-19(14-15)28-22(23-20)26-11-9-25(10-12-26)21(27)17-5-7-18(8-6-17)24(3)4/h5-8,13-14H,9-12H2,1-4H3. The molecule has 146 valence electrons. The second-order valence-corrected chi connectivity index (χ2v) is 8.65. The molecule has 5 nitrogen and oxygen atoms in total. The van der Waals surface area contributed by atoms with E-state index in [-0.39, 0.29) is 5.91 Å². The average molecular weight is 395 g/mol. The Balaban J connectivity index is 1.44. The lowest BCUT2D eigenvalue weighted by Crippen LogP contribution is -2.48. The summed E-state index contributed by atoms with van der Waals surface area (Å²) in [6.07, 6.45) is 0. The number of amides is 1. The molecule has 0 radical (unpaired) electrons. The Kier molecular flexibility index (Phi) is 4.98. The average Bonchev–Trinajstić information content (AvgIpc) is 3.12. The lowest BCUT2D eigenvalue weighted by molar-refractivity contribution is 0.0747. The highest BCUT2D eigenvalue weighted by Gasteiger charge is 2.24. The Morgan fingerprint density at radius 1 is 1.04 bits per heavy atom. The fraction of sp³-hybridized carbons (Fsp3) is 0.364. The van der Waals surface area contributed by atoms with Gasteiger partial charge in [0, 0.05) is 51.5 Å². The first-order valence-corrected chi connectivity index (χ1v) is 10.4. The molecule has 1 aliphatic rings. The lowest BCUT2D eigenvalue weighted by Gasteiger charge is -2.34. The van der Waals surface area contributed by atoms with Crippen LogP contribution < -0.4 is 9.80 Å². The van der Waals surface area contributed by atoms with Crippen molar-refractivity contribution >= 4 is 38.3 Å². The minimum atomic E-state index is 0.112. The number of anilines is 2. The van der Waals surface area contributed by atoms with Crippen LogP contribution in [0.4, 0.5) is 10.8 Å². The number of carbonyl (C=O) groups is 1. The third kappa shape index (κ3) is 3.56. The molecule has 0 atom stereocenters. The molecule has 1 saturated heterocycles. The largest absolute Gasteiger partial charge is 0.378 e. The third-order valence-electron chi connectivity index (χ3n) is 5.29. The Labute approximate surface area is 170 Å². The zero-order valence-corrected chi connectivity index (χ0v) is 17.7. The van der Waals surface area contributed by atoms with Gasteiger partial charge in [-0.3, -0.25) is 4.79 Å². The molecular formula is C22H26N4OS. The first-order chi connectivity index (χ1) is 13.4. The van der Waals surface area contributed by atoms with Gasteiger partial charge in [0.15, 0.2) is 5.13 Å². The van der Waals surface area contributed by atoms with Crippen molar-refractivity contribution in [2.45, 2.75) is 13.8 Å². The van der Waals surface area contributed by atoms with Crippen LogP contribution in [-0.2, 0) is 0 Å². The molecule has 6 heteroatoms. The van der Waals surface area contributed by atoms with Crippen molar-refractivity contribution in [3.8, 4) is 0 Å². The minimum absolute atomic E-state index is 0.112. The Morgan fingerprint density at radius 2 is 1.71 bits per heavy atom. The lowest BCUT2D eigenvalue weighted by atomic mass is 10.1. The number of aryl methyl sites for hydroxylation is 2. The van der Waals surface area contributed by atoms with E-state index in [1.165, 1.54) is 15.8 Å². The van der Waals surface area contributed by atoms with E-state index in [0.717, 1.165) is 48.1 Å². The van der Waals surface area contributed by atoms with Gasteiger partial charge in [0.05, 0.1) is 10.2 Å². The van der Waals surface area contributed by atoms with Gasteiger partial charge in [-0.2, -0.15) is 0 Å². The number of rotatable bonds is 3. The molecule has 3 aromatic rings. The molecule has 1 fully saturated rings. The van der Waals surface area contributed by atoms with Crippen LogP contribution in [0, 0.1) is 13.8 Å². The highest BCUT2D eigenvalue weighted by Crippen LogP contribution is 2.32. The Morgan fingerprint density at radius 3 is 2.36 bits per heavy atom. The van der Waals surface area contributed by atoms with Crippen molar-refractivity contribution in [1.29, 1.82) is 0 Å². The van der Waals surface area contributed by atoms with E-state index in [1.807, 2.05) is 48.2 Å². The van der Waals surface area contributed by atoms with Crippen LogP contribution in [0.15, 0.2) is 36.4 Å². The summed E-state index contributed by atoms with van der Waals surface area (Å²) in [4.78, 5) is 24.0. The summed E-state index contributed by atoms with van der Waals surface area (Å²) in [6, 6.07) is 12.2. The molecule has 2 heterocycles. The normalized spacial score (nSPS) is 14.6. The smallest absolute Gasteiger partial charge is 0.253 e. The van der Waals surface area contributed by atoms with E-state index in [2.05, 4.69) is 30.9 Å². The fourth-order valence-electron chi connectivity index (χ4n) is 3.68. The van der Waals surface area contributed by atoms with Crippen molar-refractivity contribution < 1.29 is 4.79 Å². The summed E-state index contributed by atoms with van der Waals surface area (Å²) >= 11 is 1.75. The van der Waals surface area contributed by atoms with Gasteiger partial charge >= 0.3 is 0 Å². The molecule has 28 heavy (non-hydrogen) atoms. The first kappa shape index (κ1) is 18.7. The highest BCUT2D eigenvalue weighted by atomic mass is 32.1. The maximum absolute atomic E-state index is 12.8. The summed E-state index contributed by atoms with van der Waals surface area (Å²) in [6.45, 7) is 7.33. The van der Waals surface area contributed by atoms with Crippen LogP contribution in [0.5, 0.6) is 0 Å². The van der Waals surface area contributed by atoms with E-state index in [0.29, 0.717) is 0 Å². The van der Waals surface area contributed by atoms with Crippen molar-refractivity contribution in [2.24, 2.45) is 0 Å². The zero-order chi connectivity index (χ0) is 19.8. The molecule has 1 aromatic heterocycles. The second-order valence-electron chi connectivity index (χ2n) is 7.65. The first-order valence-electron chi connectivity index (χ1n) is 9.62. The van der Waals surface area contributed by atoms with Gasteiger partial charge in [0.1, 0.15) is 0 Å². The van der Waals surface area contributed by atoms with Crippen molar-refractivity contribution in [3.63, 3.8) is 0 Å². The van der Waals surface area contributed by atoms with Crippen LogP contribution in [0.1, 0.15) is 21.5 Å². The monoisotopic (exact) mass is 394 g/mol. The number of hydrogen-bond donors (Lipinski definition) is 0. The predicted octanol–water partition coefficient (Wildman–Crippen LogP) is 3.94. The molecule has 0 N–H and O–H groups in total.